The van der Waals surface area contributed by atoms with Gasteiger partial charge >= 0.3 is 0 Å². The molecule has 1 heterocycles. The summed E-state index contributed by atoms with van der Waals surface area (Å²) in [4.78, 5) is 30.4. The van der Waals surface area contributed by atoms with Crippen LogP contribution in [0.1, 0.15) is 20.7 Å². The molecule has 0 radical (unpaired) electrons. The first kappa shape index (κ1) is 26.8. The number of rotatable bonds is 6. The first-order chi connectivity index (χ1) is 18.2. The molecule has 11 heteroatoms. The van der Waals surface area contributed by atoms with Crippen LogP contribution in [0, 0.1) is 11.5 Å². The first-order valence-corrected chi connectivity index (χ1v) is 13.7. The van der Waals surface area contributed by atoms with Crippen molar-refractivity contribution in [1.29, 1.82) is 5.26 Å². The van der Waals surface area contributed by atoms with E-state index in [0.29, 0.717) is 31.6 Å². The van der Waals surface area contributed by atoms with Crippen LogP contribution in [0.4, 0.5) is 11.5 Å². The maximum atomic E-state index is 13.0. The number of pyridine rings is 1. The van der Waals surface area contributed by atoms with Crippen LogP contribution in [-0.4, -0.2) is 27.3 Å². The highest BCUT2D eigenvalue weighted by Gasteiger charge is 2.17. The minimum absolute atomic E-state index is 0.145. The topological polar surface area (TPSA) is 124 Å². The Morgan fingerprint density at radius 3 is 2.32 bits per heavy atom. The van der Waals surface area contributed by atoms with Crippen LogP contribution in [0.5, 0.6) is 0 Å². The third-order valence-corrected chi connectivity index (χ3v) is 7.47. The molecule has 2 N–H and O–H groups in total. The Labute approximate surface area is 229 Å². The second kappa shape index (κ2) is 11.4. The summed E-state index contributed by atoms with van der Waals surface area (Å²) < 4.78 is 16.5. The third-order valence-electron chi connectivity index (χ3n) is 5.41. The second-order valence-electron chi connectivity index (χ2n) is 8.03. The minimum Gasteiger partial charge on any atom is -0.321 e. The average Bonchev–Trinajstić information content (AvgIpc) is 2.91. The van der Waals surface area contributed by atoms with Crippen molar-refractivity contribution >= 4 is 56.3 Å². The quantitative estimate of drug-likeness (QED) is 0.259. The van der Waals surface area contributed by atoms with E-state index < -0.39 is 21.5 Å². The molecule has 38 heavy (non-hydrogen) atoms. The van der Waals surface area contributed by atoms with Crippen molar-refractivity contribution in [3.05, 3.63) is 106 Å². The molecule has 0 fully saturated rings. The van der Waals surface area contributed by atoms with Crippen molar-refractivity contribution in [1.82, 2.24) is 4.98 Å². The van der Waals surface area contributed by atoms with Gasteiger partial charge in [-0.05, 0) is 59.7 Å². The van der Waals surface area contributed by atoms with Gasteiger partial charge in [-0.15, -0.1) is 4.36 Å². The van der Waals surface area contributed by atoms with Crippen LogP contribution < -0.4 is 10.6 Å². The molecule has 190 valence electrons. The van der Waals surface area contributed by atoms with Gasteiger partial charge in [-0.1, -0.05) is 53.5 Å². The fraction of sp³-hybridized carbons (Fsp3) is 0.0370. The van der Waals surface area contributed by atoms with Crippen molar-refractivity contribution < 1.29 is 13.8 Å². The molecule has 0 aliphatic carbocycles. The average molecular weight is 564 g/mol. The van der Waals surface area contributed by atoms with Gasteiger partial charge in [-0.3, -0.25) is 9.59 Å². The van der Waals surface area contributed by atoms with Crippen LogP contribution in [0.2, 0.25) is 10.0 Å². The van der Waals surface area contributed by atoms with Gasteiger partial charge in [-0.25, -0.2) is 9.19 Å². The molecule has 1 aromatic heterocycles. The van der Waals surface area contributed by atoms with Gasteiger partial charge in [0.1, 0.15) is 5.82 Å². The van der Waals surface area contributed by atoms with Gasteiger partial charge in [0.2, 0.25) is 6.19 Å². The van der Waals surface area contributed by atoms with E-state index in [1.54, 1.807) is 72.9 Å². The number of aromatic nitrogens is 1. The number of anilines is 2. The van der Waals surface area contributed by atoms with Crippen molar-refractivity contribution in [2.45, 2.75) is 4.90 Å². The smallest absolute Gasteiger partial charge is 0.258 e. The SMILES string of the molecule is CS(=O)(=NC#N)c1ccccc1-c1ccc(C(=O)Nc2ccc(Cl)cc2C(=O)Nc2ccc(Cl)cn2)cc1. The molecule has 0 spiro atoms. The fourth-order valence-electron chi connectivity index (χ4n) is 3.60. The van der Waals surface area contributed by atoms with Crippen molar-refractivity contribution in [3.63, 3.8) is 0 Å². The molecular weight excluding hydrogens is 545 g/mol. The Balaban J connectivity index is 1.58. The van der Waals surface area contributed by atoms with Gasteiger partial charge in [-0.2, -0.15) is 5.26 Å². The summed E-state index contributed by atoms with van der Waals surface area (Å²) in [6, 6.07) is 21.2. The predicted molar refractivity (Wildman–Crippen MR) is 149 cm³/mol. The van der Waals surface area contributed by atoms with E-state index in [0.717, 1.165) is 0 Å². The summed E-state index contributed by atoms with van der Waals surface area (Å²) in [6.07, 6.45) is 4.42. The number of nitrogens with zero attached hydrogens (tertiary/aromatic N) is 3. The Morgan fingerprint density at radius 2 is 1.63 bits per heavy atom. The van der Waals surface area contributed by atoms with Crippen LogP contribution in [0.15, 0.2) is 94.3 Å². The normalized spacial score (nSPS) is 12.1. The molecule has 0 saturated heterocycles. The molecule has 0 saturated carbocycles. The molecule has 0 aliphatic rings. The van der Waals surface area contributed by atoms with E-state index in [4.69, 9.17) is 28.5 Å². The monoisotopic (exact) mass is 563 g/mol. The zero-order chi connectivity index (χ0) is 27.3. The summed E-state index contributed by atoms with van der Waals surface area (Å²) >= 11 is 12.0. The lowest BCUT2D eigenvalue weighted by Gasteiger charge is -2.13. The number of hydrogen-bond donors (Lipinski definition) is 2. The van der Waals surface area contributed by atoms with Gasteiger partial charge in [0, 0.05) is 23.0 Å². The second-order valence-corrected chi connectivity index (χ2v) is 11.1. The predicted octanol–water partition coefficient (Wildman–Crippen LogP) is 6.50. The van der Waals surface area contributed by atoms with E-state index in [-0.39, 0.29) is 17.1 Å². The molecule has 4 aromatic rings. The highest BCUT2D eigenvalue weighted by atomic mass is 35.5. The zero-order valence-electron chi connectivity index (χ0n) is 19.8. The van der Waals surface area contributed by atoms with Crippen molar-refractivity contribution in [3.8, 4) is 17.3 Å². The molecule has 1 unspecified atom stereocenters. The van der Waals surface area contributed by atoms with E-state index in [1.807, 2.05) is 0 Å². The number of hydrogen-bond acceptors (Lipinski definition) is 6. The van der Waals surface area contributed by atoms with Gasteiger partial charge in [0.05, 0.1) is 30.9 Å². The molecule has 3 aromatic carbocycles. The van der Waals surface area contributed by atoms with Crippen molar-refractivity contribution in [2.75, 3.05) is 16.9 Å². The van der Waals surface area contributed by atoms with Crippen molar-refractivity contribution in [2.24, 2.45) is 4.36 Å². The lowest BCUT2D eigenvalue weighted by atomic mass is 10.0. The summed E-state index contributed by atoms with van der Waals surface area (Å²) in [6.45, 7) is 0. The maximum Gasteiger partial charge on any atom is 0.258 e. The molecule has 2 amide bonds. The number of halogens is 2. The fourth-order valence-corrected chi connectivity index (χ4v) is 5.07. The lowest BCUT2D eigenvalue weighted by Crippen LogP contribution is -2.18. The van der Waals surface area contributed by atoms with E-state index in [1.165, 1.54) is 24.6 Å². The van der Waals surface area contributed by atoms with Crippen LogP contribution >= 0.6 is 23.2 Å². The highest BCUT2D eigenvalue weighted by Crippen LogP contribution is 2.29. The summed E-state index contributed by atoms with van der Waals surface area (Å²) in [5, 5.41) is 15.0. The zero-order valence-corrected chi connectivity index (χ0v) is 22.1. The lowest BCUT2D eigenvalue weighted by molar-refractivity contribution is 0.102. The number of nitrogens with one attached hydrogen (secondary N) is 2. The molecule has 4 rings (SSSR count). The van der Waals surface area contributed by atoms with Gasteiger partial charge in [0.25, 0.3) is 11.8 Å². The number of benzene rings is 3. The number of amides is 2. The molecule has 1 atom stereocenters. The summed E-state index contributed by atoms with van der Waals surface area (Å²) in [5.41, 5.74) is 2.06. The number of nitriles is 1. The van der Waals surface area contributed by atoms with Crippen LogP contribution in [0.3, 0.4) is 0 Å². The first-order valence-electron chi connectivity index (χ1n) is 11.0. The van der Waals surface area contributed by atoms with E-state index in [2.05, 4.69) is 20.0 Å². The standard InChI is InChI=1S/C27H19Cl2N5O3S/c1-38(37,32-16-30)24-5-3-2-4-21(24)17-6-8-18(9-7-17)26(35)33-23-12-10-19(28)14-22(23)27(36)34-25-13-11-20(29)15-31-25/h2-15H,1H3,(H,33,35)(H,31,34,36). The Morgan fingerprint density at radius 1 is 0.921 bits per heavy atom. The van der Waals surface area contributed by atoms with Gasteiger partial charge < -0.3 is 10.6 Å². The Kier molecular flexibility index (Phi) is 8.08. The molecule has 0 aliphatic heterocycles. The number of carbonyl (C=O) groups is 2. The van der Waals surface area contributed by atoms with Gasteiger partial charge in [0.15, 0.2) is 0 Å². The van der Waals surface area contributed by atoms with E-state index >= 15 is 0 Å². The molecular formula is C27H19Cl2N5O3S. The molecule has 0 bridgehead atoms. The van der Waals surface area contributed by atoms with E-state index in [9.17, 15) is 13.8 Å². The Hall–Kier alpha value is -4.23. The van der Waals surface area contributed by atoms with Crippen LogP contribution in [0.25, 0.3) is 11.1 Å². The highest BCUT2D eigenvalue weighted by molar-refractivity contribution is 7.93. The van der Waals surface area contributed by atoms with Crippen LogP contribution in [-0.2, 0) is 9.73 Å². The Bertz CT molecular complexity index is 1690. The molecule has 8 nitrogen and oxygen atoms in total. The summed E-state index contributed by atoms with van der Waals surface area (Å²) in [5.74, 6) is -0.689. The maximum absolute atomic E-state index is 13.0. The minimum atomic E-state index is -2.92. The largest absolute Gasteiger partial charge is 0.321 e. The third kappa shape index (κ3) is 6.18. The number of carbonyl (C=O) groups excluding carboxylic acids is 2. The summed E-state index contributed by atoms with van der Waals surface area (Å²) in [7, 11) is -2.92.